The fourth-order valence-corrected chi connectivity index (χ4v) is 6.09. The van der Waals surface area contributed by atoms with Crippen molar-refractivity contribution in [2.45, 2.75) is 12.1 Å². The molecule has 0 saturated carbocycles. The lowest BCUT2D eigenvalue weighted by atomic mass is 10.0. The van der Waals surface area contributed by atoms with Crippen molar-refractivity contribution in [2.24, 2.45) is 0 Å². The Labute approximate surface area is 158 Å². The van der Waals surface area contributed by atoms with Gasteiger partial charge in [0.15, 0.2) is 9.84 Å². The number of likely N-dealkylation sites (N-methyl/N-ethyl adjacent to an activating group) is 1. The summed E-state index contributed by atoms with van der Waals surface area (Å²) in [5.41, 5.74) is 2.33. The molecule has 2 fully saturated rings. The van der Waals surface area contributed by atoms with Gasteiger partial charge in [-0.15, -0.1) is 0 Å². The summed E-state index contributed by atoms with van der Waals surface area (Å²) in [4.78, 5) is 16.9. The van der Waals surface area contributed by atoms with E-state index in [-0.39, 0.29) is 35.2 Å². The van der Waals surface area contributed by atoms with E-state index in [1.165, 1.54) is 0 Å². The number of benzene rings is 2. The number of hydrogen-bond acceptors (Lipinski definition) is 5. The zero-order valence-corrected chi connectivity index (χ0v) is 15.9. The zero-order chi connectivity index (χ0) is 19.2. The topological polar surface area (TPSA) is 77.9 Å². The molecular weight excluding hydrogens is 364 g/mol. The molecule has 2 atom stereocenters. The van der Waals surface area contributed by atoms with Crippen molar-refractivity contribution in [1.82, 2.24) is 9.80 Å². The second-order valence-electron chi connectivity index (χ2n) is 7.32. The van der Waals surface area contributed by atoms with E-state index in [0.29, 0.717) is 18.7 Å². The van der Waals surface area contributed by atoms with Crippen LogP contribution in [0.5, 0.6) is 5.75 Å². The third-order valence-electron chi connectivity index (χ3n) is 5.52. The highest BCUT2D eigenvalue weighted by molar-refractivity contribution is 7.91. The maximum Gasteiger partial charge on any atom is 0.254 e. The predicted molar refractivity (Wildman–Crippen MR) is 103 cm³/mol. The summed E-state index contributed by atoms with van der Waals surface area (Å²) in [6.45, 7) is 1.19. The number of phenolic OH excluding ortho intramolecular Hbond substituents is 1. The highest BCUT2D eigenvalue weighted by Gasteiger charge is 2.47. The van der Waals surface area contributed by atoms with E-state index in [0.717, 1.165) is 11.1 Å². The second-order valence-corrected chi connectivity index (χ2v) is 9.47. The third-order valence-corrected chi connectivity index (χ3v) is 7.22. The van der Waals surface area contributed by atoms with Gasteiger partial charge < -0.3 is 10.0 Å². The van der Waals surface area contributed by atoms with Gasteiger partial charge >= 0.3 is 0 Å². The summed E-state index contributed by atoms with van der Waals surface area (Å²) in [7, 11) is -1.20. The smallest absolute Gasteiger partial charge is 0.254 e. The van der Waals surface area contributed by atoms with Gasteiger partial charge in [-0.1, -0.05) is 24.3 Å². The van der Waals surface area contributed by atoms with Crippen LogP contribution in [-0.4, -0.2) is 73.0 Å². The number of hydrogen-bond donors (Lipinski definition) is 1. The lowest BCUT2D eigenvalue weighted by Gasteiger charge is -2.42. The maximum absolute atomic E-state index is 13.2. The summed E-state index contributed by atoms with van der Waals surface area (Å²) >= 11 is 0. The number of piperazine rings is 1. The monoisotopic (exact) mass is 386 g/mol. The van der Waals surface area contributed by atoms with Gasteiger partial charge in [-0.3, -0.25) is 9.69 Å². The predicted octanol–water partition coefficient (Wildman–Crippen LogP) is 1.61. The molecule has 7 heteroatoms. The van der Waals surface area contributed by atoms with Crippen LogP contribution in [0.1, 0.15) is 10.4 Å². The highest BCUT2D eigenvalue weighted by Crippen LogP contribution is 2.28. The lowest BCUT2D eigenvalue weighted by molar-refractivity contribution is 0.0410. The molecule has 142 valence electrons. The molecule has 2 aliphatic rings. The van der Waals surface area contributed by atoms with E-state index < -0.39 is 9.84 Å². The summed E-state index contributed by atoms with van der Waals surface area (Å²) < 4.78 is 24.3. The van der Waals surface area contributed by atoms with Gasteiger partial charge in [-0.2, -0.15) is 0 Å². The number of amides is 1. The lowest BCUT2D eigenvalue weighted by Crippen LogP contribution is -2.59. The standard InChI is InChI=1S/C20H22N2O4S/c1-21-9-10-22(19-13-27(25,26)12-18(19)21)20(24)16-4-2-3-15(11-16)14-5-7-17(23)8-6-14/h2-8,11,18-19,23H,9-10,12-13H2,1H3/t18-,19+/m0/s1. The van der Waals surface area contributed by atoms with Gasteiger partial charge in [0.2, 0.25) is 0 Å². The minimum Gasteiger partial charge on any atom is -0.508 e. The van der Waals surface area contributed by atoms with Crippen molar-refractivity contribution < 1.29 is 18.3 Å². The Morgan fingerprint density at radius 3 is 2.44 bits per heavy atom. The van der Waals surface area contributed by atoms with Crippen LogP contribution in [0.3, 0.4) is 0 Å². The average molecular weight is 386 g/mol. The van der Waals surface area contributed by atoms with Gasteiger partial charge in [-0.05, 0) is 42.4 Å². The van der Waals surface area contributed by atoms with Crippen LogP contribution < -0.4 is 0 Å². The molecule has 0 radical (unpaired) electrons. The third kappa shape index (κ3) is 3.44. The fraction of sp³-hybridized carbons (Fsp3) is 0.350. The summed E-state index contributed by atoms with van der Waals surface area (Å²) in [5.74, 6) is 0.212. The molecule has 1 amide bonds. The fourth-order valence-electron chi connectivity index (χ4n) is 4.03. The van der Waals surface area contributed by atoms with Crippen molar-refractivity contribution in [1.29, 1.82) is 0 Å². The number of nitrogens with zero attached hydrogens (tertiary/aromatic N) is 2. The van der Waals surface area contributed by atoms with Crippen molar-refractivity contribution in [3.8, 4) is 16.9 Å². The number of carbonyl (C=O) groups is 1. The van der Waals surface area contributed by atoms with Gasteiger partial charge in [0.05, 0.1) is 17.5 Å². The molecule has 6 nitrogen and oxygen atoms in total. The number of sulfone groups is 1. The van der Waals surface area contributed by atoms with E-state index in [2.05, 4.69) is 0 Å². The number of carbonyl (C=O) groups excluding carboxylic acids is 1. The first-order chi connectivity index (χ1) is 12.8. The van der Waals surface area contributed by atoms with Crippen molar-refractivity contribution in [3.63, 3.8) is 0 Å². The Morgan fingerprint density at radius 2 is 1.70 bits per heavy atom. The van der Waals surface area contributed by atoms with Gasteiger partial charge in [0.1, 0.15) is 5.75 Å². The number of rotatable bonds is 2. The Morgan fingerprint density at radius 1 is 1.00 bits per heavy atom. The van der Waals surface area contributed by atoms with Gasteiger partial charge in [0, 0.05) is 24.7 Å². The normalized spacial score (nSPS) is 24.6. The molecule has 27 heavy (non-hydrogen) atoms. The molecule has 0 aliphatic carbocycles. The Kier molecular flexibility index (Phi) is 4.44. The molecule has 2 saturated heterocycles. The molecule has 4 rings (SSSR count). The first-order valence-corrected chi connectivity index (χ1v) is 10.8. The van der Waals surface area contributed by atoms with Crippen LogP contribution in [0.25, 0.3) is 11.1 Å². The van der Waals surface area contributed by atoms with E-state index in [4.69, 9.17) is 0 Å². The van der Waals surface area contributed by atoms with Crippen LogP contribution in [0.15, 0.2) is 48.5 Å². The Hall–Kier alpha value is -2.38. The molecule has 0 aromatic heterocycles. The van der Waals surface area contributed by atoms with Crippen molar-refractivity contribution >= 4 is 15.7 Å². The molecule has 0 bridgehead atoms. The van der Waals surface area contributed by atoms with Crippen molar-refractivity contribution in [3.05, 3.63) is 54.1 Å². The van der Waals surface area contributed by atoms with E-state index in [1.807, 2.05) is 30.1 Å². The molecule has 2 aromatic rings. The molecule has 2 aliphatic heterocycles. The maximum atomic E-state index is 13.2. The summed E-state index contributed by atoms with van der Waals surface area (Å²) in [6, 6.07) is 13.7. The molecule has 2 aromatic carbocycles. The number of phenols is 1. The van der Waals surface area contributed by atoms with Crippen LogP contribution in [-0.2, 0) is 9.84 Å². The van der Waals surface area contributed by atoms with Crippen LogP contribution in [0.4, 0.5) is 0 Å². The van der Waals surface area contributed by atoms with Crippen molar-refractivity contribution in [2.75, 3.05) is 31.6 Å². The molecule has 1 N–H and O–H groups in total. The second kappa shape index (κ2) is 6.65. The van der Waals surface area contributed by atoms with E-state index in [1.54, 1.807) is 35.2 Å². The van der Waals surface area contributed by atoms with Crippen LogP contribution in [0.2, 0.25) is 0 Å². The van der Waals surface area contributed by atoms with Gasteiger partial charge in [0.25, 0.3) is 5.91 Å². The van der Waals surface area contributed by atoms with Crippen LogP contribution in [0, 0.1) is 0 Å². The summed E-state index contributed by atoms with van der Waals surface area (Å²) in [6.07, 6.45) is 0. The first kappa shape index (κ1) is 18.0. The van der Waals surface area contributed by atoms with E-state index >= 15 is 0 Å². The minimum atomic E-state index is -3.12. The molecule has 0 spiro atoms. The number of aromatic hydroxyl groups is 1. The largest absolute Gasteiger partial charge is 0.508 e. The van der Waals surface area contributed by atoms with E-state index in [9.17, 15) is 18.3 Å². The first-order valence-electron chi connectivity index (χ1n) is 8.95. The zero-order valence-electron chi connectivity index (χ0n) is 15.1. The molecule has 2 heterocycles. The molecule has 0 unspecified atom stereocenters. The summed E-state index contributed by atoms with van der Waals surface area (Å²) in [5, 5.41) is 9.45. The Balaban J connectivity index is 1.63. The van der Waals surface area contributed by atoms with Gasteiger partial charge in [-0.25, -0.2) is 8.42 Å². The SMILES string of the molecule is CN1CCN(C(=O)c2cccc(-c3ccc(O)cc3)c2)[C@@H]2CS(=O)(=O)C[C@@H]21. The highest BCUT2D eigenvalue weighted by atomic mass is 32.2. The van der Waals surface area contributed by atoms with Crippen LogP contribution >= 0.6 is 0 Å². The quantitative estimate of drug-likeness (QED) is 0.849. The molecular formula is C20H22N2O4S. The minimum absolute atomic E-state index is 0.0331. The Bertz CT molecular complexity index is 972. The number of fused-ring (bicyclic) bond motifs is 1. The average Bonchev–Trinajstić information content (AvgIpc) is 2.98.